The van der Waals surface area contributed by atoms with Gasteiger partial charge in [-0.15, -0.1) is 0 Å². The van der Waals surface area contributed by atoms with E-state index in [1.165, 1.54) is 38.0 Å². The molecule has 0 spiro atoms. The quantitative estimate of drug-likeness (QED) is 0.175. The third kappa shape index (κ3) is 4.85. The number of aromatic nitrogens is 1. The van der Waals surface area contributed by atoms with Crippen molar-refractivity contribution in [2.24, 2.45) is 0 Å². The Kier molecular flexibility index (Phi) is 6.98. The van der Waals surface area contributed by atoms with Gasteiger partial charge in [-0.1, -0.05) is 127 Å². The van der Waals surface area contributed by atoms with Crippen LogP contribution in [0.2, 0.25) is 0 Å². The van der Waals surface area contributed by atoms with E-state index in [9.17, 15) is 0 Å². The first-order valence-corrected chi connectivity index (χ1v) is 20.4. The number of anilines is 3. The molecule has 0 radical (unpaired) electrons. The van der Waals surface area contributed by atoms with E-state index >= 15 is 0 Å². The highest BCUT2D eigenvalue weighted by Crippen LogP contribution is 2.48. The second-order valence-corrected chi connectivity index (χ2v) is 15.7. The lowest BCUT2D eigenvalue weighted by molar-refractivity contribution is 0.667. The summed E-state index contributed by atoms with van der Waals surface area (Å²) in [6.45, 7) is 0. The van der Waals surface area contributed by atoms with Gasteiger partial charge in [-0.25, -0.2) is 0 Å². The van der Waals surface area contributed by atoms with Crippen molar-refractivity contribution in [1.82, 2.24) is 4.57 Å². The molecule has 0 aliphatic heterocycles. The molecule has 0 amide bonds. The highest BCUT2D eigenvalue weighted by Gasteiger charge is 2.24. The lowest BCUT2D eigenvalue weighted by Gasteiger charge is -2.26. The SMILES string of the molecule is c1ccc(-n2c3ccccc3c3cc(-c4ccc(N(c5ccc6c(c5)oc5ccccc56)c5cc6ccccc6c6c5oc5ccc7ccccc7c56)cc4)ccc32)cc1. The molecule has 4 heteroatoms. The molecule has 0 bridgehead atoms. The summed E-state index contributed by atoms with van der Waals surface area (Å²) in [6.07, 6.45) is 0. The van der Waals surface area contributed by atoms with Gasteiger partial charge in [0.05, 0.1) is 22.4 Å². The molecule has 13 rings (SSSR count). The maximum atomic E-state index is 7.00. The van der Waals surface area contributed by atoms with Gasteiger partial charge in [0.15, 0.2) is 5.58 Å². The van der Waals surface area contributed by atoms with E-state index in [4.69, 9.17) is 8.83 Å². The molecular weight excluding hydrogens is 733 g/mol. The van der Waals surface area contributed by atoms with Crippen LogP contribution in [-0.2, 0) is 0 Å². The smallest absolute Gasteiger partial charge is 0.160 e. The third-order valence-electron chi connectivity index (χ3n) is 12.3. The molecule has 0 saturated heterocycles. The summed E-state index contributed by atoms with van der Waals surface area (Å²) in [5, 5.41) is 11.6. The lowest BCUT2D eigenvalue weighted by Crippen LogP contribution is -2.10. The molecule has 3 aromatic heterocycles. The van der Waals surface area contributed by atoms with Crippen LogP contribution in [0, 0.1) is 0 Å². The summed E-state index contributed by atoms with van der Waals surface area (Å²) in [5.74, 6) is 0. The van der Waals surface area contributed by atoms with Gasteiger partial charge < -0.3 is 18.3 Å². The summed E-state index contributed by atoms with van der Waals surface area (Å²) in [6, 6.07) is 73.7. The van der Waals surface area contributed by atoms with Crippen molar-refractivity contribution in [1.29, 1.82) is 0 Å². The Morgan fingerprint density at radius 2 is 1.00 bits per heavy atom. The number of rotatable bonds is 5. The highest BCUT2D eigenvalue weighted by atomic mass is 16.3. The van der Waals surface area contributed by atoms with Crippen LogP contribution in [0.25, 0.3) is 104 Å². The summed E-state index contributed by atoms with van der Waals surface area (Å²) in [4.78, 5) is 2.33. The number of para-hydroxylation sites is 3. The van der Waals surface area contributed by atoms with Crippen LogP contribution in [0.3, 0.4) is 0 Å². The molecule has 280 valence electrons. The maximum Gasteiger partial charge on any atom is 0.160 e. The minimum Gasteiger partial charge on any atom is -0.456 e. The Hall–Kier alpha value is -8.08. The van der Waals surface area contributed by atoms with Crippen LogP contribution < -0.4 is 4.90 Å². The molecule has 10 aromatic carbocycles. The average molecular weight is 767 g/mol. The van der Waals surface area contributed by atoms with Gasteiger partial charge in [-0.3, -0.25) is 0 Å². The van der Waals surface area contributed by atoms with E-state index in [1.807, 2.05) is 12.1 Å². The van der Waals surface area contributed by atoms with Gasteiger partial charge in [0.2, 0.25) is 0 Å². The van der Waals surface area contributed by atoms with E-state index in [0.29, 0.717) is 0 Å². The summed E-state index contributed by atoms with van der Waals surface area (Å²) < 4.78 is 15.8. The molecule has 3 heterocycles. The second-order valence-electron chi connectivity index (χ2n) is 15.7. The van der Waals surface area contributed by atoms with E-state index in [0.717, 1.165) is 83.1 Å². The fourth-order valence-corrected chi connectivity index (χ4v) is 9.63. The van der Waals surface area contributed by atoms with Crippen molar-refractivity contribution >= 4 is 104 Å². The van der Waals surface area contributed by atoms with Crippen LogP contribution in [0.5, 0.6) is 0 Å². The molecule has 0 atom stereocenters. The molecule has 0 N–H and O–H groups in total. The van der Waals surface area contributed by atoms with Crippen molar-refractivity contribution in [3.05, 3.63) is 206 Å². The van der Waals surface area contributed by atoms with Crippen molar-refractivity contribution in [3.8, 4) is 16.8 Å². The van der Waals surface area contributed by atoms with Crippen molar-refractivity contribution < 1.29 is 8.83 Å². The Labute approximate surface area is 344 Å². The number of fused-ring (bicyclic) bond motifs is 13. The van der Waals surface area contributed by atoms with Crippen LogP contribution in [0.15, 0.2) is 215 Å². The summed E-state index contributed by atoms with van der Waals surface area (Å²) >= 11 is 0. The molecule has 0 aliphatic rings. The molecule has 0 saturated carbocycles. The average Bonchev–Trinajstić information content (AvgIpc) is 4.00. The first-order chi connectivity index (χ1) is 29.7. The van der Waals surface area contributed by atoms with Crippen molar-refractivity contribution in [3.63, 3.8) is 0 Å². The van der Waals surface area contributed by atoms with Gasteiger partial charge in [0.1, 0.15) is 16.7 Å². The van der Waals surface area contributed by atoms with Crippen LogP contribution in [-0.4, -0.2) is 4.57 Å². The molecule has 0 aliphatic carbocycles. The standard InChI is InChI=1S/C56H34N2O2/c1-2-14-39(15-3-1)58-48-20-10-8-18-44(48)47-32-37(24-30-49(47)58)35-22-26-40(27-23-35)57(41-28-29-46-45-19-9-11-21-51(45)59-53(46)34-41)50-33-38-13-5-7-17-43(38)55-54-42-16-6-4-12-36(42)25-31-52(54)60-56(50)55/h1-34H. The molecular formula is C56H34N2O2. The van der Waals surface area contributed by atoms with Crippen LogP contribution in [0.4, 0.5) is 17.1 Å². The number of benzene rings is 10. The summed E-state index contributed by atoms with van der Waals surface area (Å²) in [7, 11) is 0. The Bertz CT molecular complexity index is 3830. The van der Waals surface area contributed by atoms with E-state index in [-0.39, 0.29) is 0 Å². The van der Waals surface area contributed by atoms with Gasteiger partial charge in [-0.2, -0.15) is 0 Å². The largest absolute Gasteiger partial charge is 0.456 e. The number of nitrogens with zero attached hydrogens (tertiary/aromatic N) is 2. The van der Waals surface area contributed by atoms with E-state index in [1.54, 1.807) is 0 Å². The van der Waals surface area contributed by atoms with E-state index in [2.05, 4.69) is 204 Å². The Morgan fingerprint density at radius 3 is 1.85 bits per heavy atom. The van der Waals surface area contributed by atoms with Gasteiger partial charge in [-0.05, 0) is 105 Å². The minimum atomic E-state index is 0.839. The zero-order valence-corrected chi connectivity index (χ0v) is 32.3. The van der Waals surface area contributed by atoms with Crippen molar-refractivity contribution in [2.75, 3.05) is 4.90 Å². The fourth-order valence-electron chi connectivity index (χ4n) is 9.63. The van der Waals surface area contributed by atoms with E-state index < -0.39 is 0 Å². The predicted molar refractivity (Wildman–Crippen MR) is 250 cm³/mol. The fraction of sp³-hybridized carbons (Fsp3) is 0. The Balaban J connectivity index is 1.03. The number of hydrogen-bond acceptors (Lipinski definition) is 3. The van der Waals surface area contributed by atoms with Crippen LogP contribution >= 0.6 is 0 Å². The molecule has 0 unspecified atom stereocenters. The third-order valence-corrected chi connectivity index (χ3v) is 12.3. The highest BCUT2D eigenvalue weighted by molar-refractivity contribution is 6.29. The van der Waals surface area contributed by atoms with Gasteiger partial charge in [0, 0.05) is 49.8 Å². The molecule has 60 heavy (non-hydrogen) atoms. The number of furan rings is 2. The predicted octanol–water partition coefficient (Wildman–Crippen LogP) is 16.0. The van der Waals surface area contributed by atoms with Gasteiger partial charge >= 0.3 is 0 Å². The topological polar surface area (TPSA) is 34.5 Å². The number of hydrogen-bond donors (Lipinski definition) is 0. The van der Waals surface area contributed by atoms with Crippen LogP contribution in [0.1, 0.15) is 0 Å². The maximum absolute atomic E-state index is 7.00. The van der Waals surface area contributed by atoms with Crippen molar-refractivity contribution in [2.45, 2.75) is 0 Å². The molecule has 0 fully saturated rings. The first kappa shape index (κ1) is 32.9. The minimum absolute atomic E-state index is 0.839. The summed E-state index contributed by atoms with van der Waals surface area (Å²) in [5.41, 5.74) is 12.2. The second kappa shape index (κ2) is 12.7. The monoisotopic (exact) mass is 766 g/mol. The normalized spacial score (nSPS) is 12.0. The Morgan fingerprint density at radius 1 is 0.350 bits per heavy atom. The molecule has 13 aromatic rings. The first-order valence-electron chi connectivity index (χ1n) is 20.4. The zero-order chi connectivity index (χ0) is 39.3. The lowest BCUT2D eigenvalue weighted by atomic mass is 9.98. The van der Waals surface area contributed by atoms with Gasteiger partial charge in [0.25, 0.3) is 0 Å². The molecule has 4 nitrogen and oxygen atoms in total. The zero-order valence-electron chi connectivity index (χ0n) is 32.3.